The standard InChI is InChI=1S/C33H56N3O6.C9H18O.C2H6.C2H2.Cs/c1-11-12-15-36(9)26-17-24(5)41-27(18-26)42-30-21(2)16-22(3)31(37)40-20-32(7,38)29-25(6)28(34-13-14-35-29)23(4)19-33(30,8)39-10;1-8-5-4-6-9(2,7-8)10-3;2*1-2;/h1,16,21-27,29-30,35,38H,12-15,17-20H2,2-10H3;8H,4-7H2,1-3H3;1-2H3;1-2H;/q-1;;;;+1/t21-,22?,23+,24?,25?,26?,27?,29?,30+,32+,33+;8?,9-;;;/m01.../s1. The molecule has 57 heavy (non-hydrogen) atoms. The number of fused-ring (bicyclic) bond motifs is 2. The average molecular weight is 922 g/mol. The van der Waals surface area contributed by atoms with Crippen molar-refractivity contribution in [3.63, 3.8) is 0 Å². The van der Waals surface area contributed by atoms with Crippen molar-refractivity contribution < 1.29 is 102 Å². The Morgan fingerprint density at radius 2 is 1.70 bits per heavy atom. The number of rotatable bonds is 7. The van der Waals surface area contributed by atoms with Crippen LogP contribution >= 0.6 is 0 Å². The van der Waals surface area contributed by atoms with Gasteiger partial charge in [0.2, 0.25) is 0 Å². The van der Waals surface area contributed by atoms with Crippen LogP contribution in [-0.4, -0.2) is 117 Å². The van der Waals surface area contributed by atoms with Gasteiger partial charge < -0.3 is 45.4 Å². The van der Waals surface area contributed by atoms with E-state index in [1.165, 1.54) is 25.7 Å². The number of terminal acetylenes is 2. The van der Waals surface area contributed by atoms with E-state index >= 15 is 0 Å². The molecule has 0 aromatic heterocycles. The van der Waals surface area contributed by atoms with Crippen LogP contribution in [0.4, 0.5) is 0 Å². The van der Waals surface area contributed by atoms with E-state index in [9.17, 15) is 9.90 Å². The van der Waals surface area contributed by atoms with E-state index in [1.807, 2.05) is 34.3 Å². The van der Waals surface area contributed by atoms with Gasteiger partial charge in [-0.25, -0.2) is 0 Å². The molecule has 7 unspecified atom stereocenters. The van der Waals surface area contributed by atoms with Gasteiger partial charge in [0.25, 0.3) is 5.97 Å². The van der Waals surface area contributed by atoms with E-state index in [4.69, 9.17) is 35.1 Å². The summed E-state index contributed by atoms with van der Waals surface area (Å²) < 4.78 is 30.7. The minimum absolute atomic E-state index is 0. The molecule has 4 aliphatic rings. The fourth-order valence-corrected chi connectivity index (χ4v) is 9.24. The van der Waals surface area contributed by atoms with Gasteiger partial charge in [0.15, 0.2) is 6.29 Å². The zero-order valence-electron chi connectivity index (χ0n) is 38.9. The van der Waals surface area contributed by atoms with E-state index < -0.39 is 29.5 Å². The van der Waals surface area contributed by atoms with Crippen LogP contribution in [0.15, 0.2) is 4.99 Å². The molecule has 324 valence electrons. The molecule has 2 saturated heterocycles. The second-order valence-electron chi connectivity index (χ2n) is 17.3. The monoisotopic (exact) mass is 922 g/mol. The summed E-state index contributed by atoms with van der Waals surface area (Å²) in [5.41, 5.74) is -0.765. The van der Waals surface area contributed by atoms with Gasteiger partial charge >= 0.3 is 68.9 Å². The van der Waals surface area contributed by atoms with Gasteiger partial charge in [-0.05, 0) is 72.3 Å². The Morgan fingerprint density at radius 1 is 1.05 bits per heavy atom. The van der Waals surface area contributed by atoms with Crippen molar-refractivity contribution in [2.45, 2.75) is 175 Å². The fourth-order valence-electron chi connectivity index (χ4n) is 9.24. The number of nitrogens with one attached hydrogen (secondary N) is 1. The molecule has 2 N–H and O–H groups in total. The van der Waals surface area contributed by atoms with Crippen LogP contribution < -0.4 is 74.2 Å². The third kappa shape index (κ3) is 17.7. The van der Waals surface area contributed by atoms with Crippen molar-refractivity contribution in [1.29, 1.82) is 0 Å². The van der Waals surface area contributed by atoms with E-state index in [0.717, 1.165) is 24.6 Å². The number of hydrogen-bond acceptors (Lipinski definition) is 10. The van der Waals surface area contributed by atoms with Crippen LogP contribution in [0.1, 0.15) is 128 Å². The Bertz CT molecular complexity index is 1240. The molecule has 1 aliphatic carbocycles. The molecule has 3 aliphatic heterocycles. The Hall–Kier alpha value is 0.0319. The first-order valence-corrected chi connectivity index (χ1v) is 21.3. The van der Waals surface area contributed by atoms with Crippen LogP contribution in [-0.2, 0) is 28.5 Å². The van der Waals surface area contributed by atoms with Gasteiger partial charge in [0.05, 0.1) is 30.0 Å². The second-order valence-corrected chi connectivity index (χ2v) is 17.3. The predicted molar refractivity (Wildman–Crippen MR) is 229 cm³/mol. The maximum Gasteiger partial charge on any atom is 1.00 e. The number of hydrogen-bond donors (Lipinski definition) is 2. The van der Waals surface area contributed by atoms with Gasteiger partial charge in [0.1, 0.15) is 12.2 Å². The molecule has 0 aromatic carbocycles. The van der Waals surface area contributed by atoms with Crippen LogP contribution in [0.3, 0.4) is 0 Å². The smallest absolute Gasteiger partial charge is 0.464 e. The number of cyclic esters (lactones) is 1. The largest absolute Gasteiger partial charge is 1.00 e. The average Bonchev–Trinajstić information content (AvgIpc) is 3.37. The van der Waals surface area contributed by atoms with Crippen LogP contribution in [0.2, 0.25) is 0 Å². The van der Waals surface area contributed by atoms with Crippen molar-refractivity contribution in [3.05, 3.63) is 6.42 Å². The summed E-state index contributed by atoms with van der Waals surface area (Å²) in [6, 6.07) is -0.0403. The Morgan fingerprint density at radius 3 is 2.26 bits per heavy atom. The molecule has 0 radical (unpaired) electrons. The molecule has 11 heteroatoms. The number of nitrogens with zero attached hydrogens (tertiary/aromatic N) is 2. The number of aliphatic hydroxyl groups is 1. The summed E-state index contributed by atoms with van der Waals surface area (Å²) in [4.78, 5) is 20.4. The summed E-state index contributed by atoms with van der Waals surface area (Å²) in [6.45, 7) is 24.6. The summed E-state index contributed by atoms with van der Waals surface area (Å²) in [5.74, 6) is 2.52. The number of aliphatic imine (C=N–C) groups is 1. The van der Waals surface area contributed by atoms with Crippen molar-refractivity contribution >= 4 is 11.7 Å². The van der Waals surface area contributed by atoms with E-state index in [0.29, 0.717) is 32.4 Å². The summed E-state index contributed by atoms with van der Waals surface area (Å²) in [7, 11) is 5.67. The Balaban J connectivity index is 0.00000178. The molecular weight excluding hydrogens is 839 g/mol. The predicted octanol–water partition coefficient (Wildman–Crippen LogP) is 4.37. The second kappa shape index (κ2) is 27.9. The molecule has 3 heterocycles. The van der Waals surface area contributed by atoms with E-state index in [1.54, 1.807) is 14.0 Å². The number of esters is 1. The van der Waals surface area contributed by atoms with E-state index in [-0.39, 0.29) is 123 Å². The third-order valence-corrected chi connectivity index (χ3v) is 12.3. The van der Waals surface area contributed by atoms with Gasteiger partial charge in [-0.1, -0.05) is 67.2 Å². The first-order valence-electron chi connectivity index (χ1n) is 21.3. The number of ether oxygens (including phenoxy) is 5. The Labute approximate surface area is 408 Å². The molecule has 13 atom stereocenters. The number of carbonyl (C=O) groups is 1. The number of methoxy groups -OCH3 is 2. The summed E-state index contributed by atoms with van der Waals surface area (Å²) in [6.07, 6.45) is 22.9. The molecule has 3 fully saturated rings. The normalized spacial score (nSPS) is 38.8. The maximum atomic E-state index is 13.1. The van der Waals surface area contributed by atoms with Gasteiger partial charge in [0, 0.05) is 63.9 Å². The topological polar surface area (TPSA) is 111 Å². The third-order valence-electron chi connectivity index (χ3n) is 12.3. The molecule has 10 nitrogen and oxygen atoms in total. The van der Waals surface area contributed by atoms with Crippen molar-refractivity contribution in [3.8, 4) is 25.2 Å². The zero-order chi connectivity index (χ0) is 42.9. The maximum absolute atomic E-state index is 13.1. The molecular formula is C46H82CsN3O7. The van der Waals surface area contributed by atoms with Crippen molar-refractivity contribution in [2.24, 2.45) is 34.6 Å². The van der Waals surface area contributed by atoms with E-state index in [2.05, 4.69) is 84.5 Å². The molecule has 0 aromatic rings. The first-order chi connectivity index (χ1) is 26.4. The van der Waals surface area contributed by atoms with Crippen LogP contribution in [0.5, 0.6) is 0 Å². The summed E-state index contributed by atoms with van der Waals surface area (Å²) >= 11 is 0. The minimum atomic E-state index is -1.26. The molecule has 0 amide bonds. The number of carbonyl (C=O) groups excluding carboxylic acids is 1. The fraction of sp³-hybridized carbons (Fsp3) is 0.848. The van der Waals surface area contributed by atoms with Crippen molar-refractivity contribution in [1.82, 2.24) is 10.2 Å². The minimum Gasteiger partial charge on any atom is -0.464 e. The van der Waals surface area contributed by atoms with Crippen molar-refractivity contribution in [2.75, 3.05) is 47.5 Å². The van der Waals surface area contributed by atoms with Crippen LogP contribution in [0, 0.1) is 61.2 Å². The summed E-state index contributed by atoms with van der Waals surface area (Å²) in [5, 5.41) is 14.9. The molecule has 0 spiro atoms. The first kappa shape index (κ1) is 57.0. The molecule has 4 rings (SSSR count). The zero-order valence-corrected chi connectivity index (χ0v) is 45.1. The quantitative estimate of drug-likeness (QED) is 0.219. The van der Waals surface area contributed by atoms with Gasteiger partial charge in [-0.15, -0.1) is 31.1 Å². The van der Waals surface area contributed by atoms with Gasteiger partial charge in [-0.3, -0.25) is 9.79 Å². The van der Waals surface area contributed by atoms with Gasteiger partial charge in [-0.2, -0.15) is 0 Å². The molecule has 2 bridgehead atoms. The Kier molecular flexibility index (Phi) is 27.9. The SMILES string of the molecule is C#C.C#CCCN(C)C1CC(C)OC(O[C@@H]2[C@@H](C)[CH-]C(C)C(=O)OC[C@@](C)(O)C3NCCN=C(C3C)[C@H](C)C[C@@]2(C)OC)C1.CC.CO[C@]1(C)CCCC(C)C1.[Cs+]. The van der Waals surface area contributed by atoms with Crippen LogP contribution in [0.25, 0.3) is 0 Å². The molecule has 1 saturated carbocycles.